The Balaban J connectivity index is 2.61. The molecule has 0 saturated carbocycles. The van der Waals surface area contributed by atoms with E-state index in [4.69, 9.17) is 24.7 Å². The van der Waals surface area contributed by atoms with Crippen molar-refractivity contribution in [2.24, 2.45) is 0 Å². The van der Waals surface area contributed by atoms with E-state index in [0.717, 1.165) is 44.4 Å². The van der Waals surface area contributed by atoms with Gasteiger partial charge in [0.15, 0.2) is 41.2 Å². The molecule has 0 aliphatic carbocycles. The molecular formula is C18H24N4O9S. The van der Waals surface area contributed by atoms with Gasteiger partial charge in [-0.25, -0.2) is 4.98 Å². The maximum Gasteiger partial charge on any atom is 0.303 e. The number of esters is 3. The lowest BCUT2D eigenvalue weighted by Crippen LogP contribution is -2.63. The molecule has 0 unspecified atom stereocenters. The zero-order chi connectivity index (χ0) is 24.2. The molecule has 0 aromatic carbocycles. The van der Waals surface area contributed by atoms with Crippen LogP contribution in [-0.2, 0) is 38.1 Å². The average molecular weight is 472 g/mol. The predicted molar refractivity (Wildman–Crippen MR) is 111 cm³/mol. The summed E-state index contributed by atoms with van der Waals surface area (Å²) < 4.78 is 21.4. The van der Waals surface area contributed by atoms with Crippen molar-refractivity contribution in [3.63, 3.8) is 0 Å². The molecule has 1 saturated heterocycles. The number of ether oxygens (including phenoxy) is 4. The van der Waals surface area contributed by atoms with Gasteiger partial charge >= 0.3 is 17.9 Å². The average Bonchev–Trinajstić information content (AvgIpc) is 2.66. The van der Waals surface area contributed by atoms with Crippen LogP contribution >= 0.6 is 11.8 Å². The maximum atomic E-state index is 12.7. The Kier molecular flexibility index (Phi) is 8.21. The van der Waals surface area contributed by atoms with Crippen molar-refractivity contribution < 1.29 is 38.1 Å². The lowest BCUT2D eigenvalue weighted by atomic mass is 10.0. The molecule has 0 spiro atoms. The first kappa shape index (κ1) is 25.1. The number of amides is 1. The van der Waals surface area contributed by atoms with E-state index in [1.54, 1.807) is 6.26 Å². The molecule has 32 heavy (non-hydrogen) atoms. The van der Waals surface area contributed by atoms with Crippen LogP contribution in [0.5, 0.6) is 0 Å². The maximum absolute atomic E-state index is 12.7. The van der Waals surface area contributed by atoms with Crippen LogP contribution in [0.4, 0.5) is 11.5 Å². The Labute approximate surface area is 186 Å². The van der Waals surface area contributed by atoms with Crippen molar-refractivity contribution in [1.29, 1.82) is 0 Å². The van der Waals surface area contributed by atoms with Crippen molar-refractivity contribution >= 4 is 47.1 Å². The summed E-state index contributed by atoms with van der Waals surface area (Å²) in [5, 5.41) is 0.216. The Hall–Kier alpha value is -3.13. The minimum atomic E-state index is -1.46. The van der Waals surface area contributed by atoms with Gasteiger partial charge in [0.1, 0.15) is 0 Å². The van der Waals surface area contributed by atoms with E-state index in [9.17, 15) is 24.0 Å². The number of nitrogens with two attached hydrogens (primary N) is 1. The number of rotatable bonds is 6. The standard InChI is InChI=1S/C18H24N4O9S/c1-7(23)22(12-15(19)20-18(32-5)21-16(12)27)17-14(31-10(4)26)13(30-9(3)25)11(6-28-17)29-8(2)24/h11,13-14,17H,6H2,1-5H3,(H3,19,20,21,27)/t11-,13-,14+,17+/m1/s1. The van der Waals surface area contributed by atoms with Crippen molar-refractivity contribution in [1.82, 2.24) is 9.97 Å². The van der Waals surface area contributed by atoms with Crippen LogP contribution in [0.15, 0.2) is 9.95 Å². The summed E-state index contributed by atoms with van der Waals surface area (Å²) in [5.74, 6) is -3.23. The number of carbonyl (C=O) groups is 4. The van der Waals surface area contributed by atoms with Gasteiger partial charge in [0.25, 0.3) is 5.56 Å². The summed E-state index contributed by atoms with van der Waals surface area (Å²) in [5.41, 5.74) is 4.86. The largest absolute Gasteiger partial charge is 0.456 e. The molecule has 4 atom stereocenters. The fourth-order valence-corrected chi connectivity index (χ4v) is 3.58. The zero-order valence-electron chi connectivity index (χ0n) is 18.1. The van der Waals surface area contributed by atoms with Gasteiger partial charge in [-0.1, -0.05) is 11.8 Å². The van der Waals surface area contributed by atoms with Crippen LogP contribution in [0.25, 0.3) is 0 Å². The van der Waals surface area contributed by atoms with Crippen molar-refractivity contribution in [3.8, 4) is 0 Å². The molecule has 2 rings (SSSR count). The van der Waals surface area contributed by atoms with Crippen LogP contribution in [0.2, 0.25) is 0 Å². The van der Waals surface area contributed by atoms with E-state index in [2.05, 4.69) is 9.97 Å². The SMILES string of the molecule is CSc1nc(N)c(N(C(C)=O)[C@H]2OC[C@@H](OC(C)=O)[C@@H](OC(C)=O)[C@@H]2OC(C)=O)c(=O)[nH]1. The molecule has 13 nitrogen and oxygen atoms in total. The number of aromatic nitrogens is 2. The van der Waals surface area contributed by atoms with Gasteiger partial charge in [-0.05, 0) is 6.26 Å². The highest BCUT2D eigenvalue weighted by molar-refractivity contribution is 7.98. The fourth-order valence-electron chi connectivity index (χ4n) is 3.20. The normalized spacial score (nSPS) is 22.5. The molecule has 1 aliphatic rings. The highest BCUT2D eigenvalue weighted by Gasteiger charge is 2.50. The van der Waals surface area contributed by atoms with E-state index in [1.807, 2.05) is 0 Å². The summed E-state index contributed by atoms with van der Waals surface area (Å²) in [4.78, 5) is 67.7. The first-order valence-corrected chi connectivity index (χ1v) is 10.6. The third kappa shape index (κ3) is 5.76. The van der Waals surface area contributed by atoms with Gasteiger partial charge in [-0.15, -0.1) is 0 Å². The van der Waals surface area contributed by atoms with E-state index in [-0.39, 0.29) is 23.3 Å². The lowest BCUT2D eigenvalue weighted by molar-refractivity contribution is -0.225. The second-order valence-corrected chi connectivity index (χ2v) is 7.51. The number of nitrogens with zero attached hydrogens (tertiary/aromatic N) is 2. The number of aromatic amines is 1. The third-order valence-corrected chi connectivity index (χ3v) is 4.83. The van der Waals surface area contributed by atoms with Crippen LogP contribution in [0.1, 0.15) is 27.7 Å². The molecule has 2 heterocycles. The number of nitrogens with one attached hydrogen (secondary N) is 1. The van der Waals surface area contributed by atoms with Gasteiger partial charge in [0, 0.05) is 27.7 Å². The molecule has 1 aromatic heterocycles. The summed E-state index contributed by atoms with van der Waals surface area (Å²) in [6.07, 6.45) is -3.71. The molecule has 14 heteroatoms. The molecule has 1 aromatic rings. The molecule has 176 valence electrons. The van der Waals surface area contributed by atoms with Gasteiger partial charge in [-0.3, -0.25) is 33.9 Å². The molecule has 1 amide bonds. The van der Waals surface area contributed by atoms with Crippen molar-refractivity contribution in [2.45, 2.75) is 57.4 Å². The second-order valence-electron chi connectivity index (χ2n) is 6.72. The molecule has 1 aliphatic heterocycles. The first-order valence-electron chi connectivity index (χ1n) is 9.33. The molecule has 0 bridgehead atoms. The Morgan fingerprint density at radius 1 is 1.06 bits per heavy atom. The lowest BCUT2D eigenvalue weighted by Gasteiger charge is -2.44. The molecular weight excluding hydrogens is 448 g/mol. The summed E-state index contributed by atoms with van der Waals surface area (Å²) in [7, 11) is 0. The zero-order valence-corrected chi connectivity index (χ0v) is 18.9. The Bertz CT molecular complexity index is 966. The van der Waals surface area contributed by atoms with Crippen molar-refractivity contribution in [3.05, 3.63) is 10.4 Å². The van der Waals surface area contributed by atoms with Crippen LogP contribution in [-0.4, -0.2) is 71.2 Å². The highest BCUT2D eigenvalue weighted by atomic mass is 32.2. The fraction of sp³-hybridized carbons (Fsp3) is 0.556. The highest BCUT2D eigenvalue weighted by Crippen LogP contribution is 2.30. The Morgan fingerprint density at radius 3 is 2.09 bits per heavy atom. The number of nitrogen functional groups attached to an aromatic ring is 1. The van der Waals surface area contributed by atoms with E-state index in [1.165, 1.54) is 0 Å². The topological polar surface area (TPSA) is 180 Å². The van der Waals surface area contributed by atoms with Gasteiger partial charge in [0.2, 0.25) is 5.91 Å². The number of H-pyrrole nitrogens is 1. The third-order valence-electron chi connectivity index (χ3n) is 4.25. The summed E-state index contributed by atoms with van der Waals surface area (Å²) in [6, 6.07) is 0. The predicted octanol–water partition coefficient (Wildman–Crippen LogP) is -0.422. The minimum absolute atomic E-state index is 0.216. The monoisotopic (exact) mass is 472 g/mol. The van der Waals surface area contributed by atoms with E-state index >= 15 is 0 Å². The Morgan fingerprint density at radius 2 is 1.62 bits per heavy atom. The van der Waals surface area contributed by atoms with Crippen LogP contribution in [0.3, 0.4) is 0 Å². The van der Waals surface area contributed by atoms with Crippen LogP contribution in [0, 0.1) is 0 Å². The minimum Gasteiger partial charge on any atom is -0.456 e. The number of anilines is 2. The summed E-state index contributed by atoms with van der Waals surface area (Å²) >= 11 is 1.13. The number of thioether (sulfide) groups is 1. The molecule has 1 fully saturated rings. The quantitative estimate of drug-likeness (QED) is 0.236. The number of carbonyl (C=O) groups excluding carboxylic acids is 4. The summed E-state index contributed by atoms with van der Waals surface area (Å²) in [6.45, 7) is 4.13. The smallest absolute Gasteiger partial charge is 0.303 e. The van der Waals surface area contributed by atoms with Gasteiger partial charge in [-0.2, -0.15) is 0 Å². The van der Waals surface area contributed by atoms with E-state index < -0.39 is 53.9 Å². The van der Waals surface area contributed by atoms with Gasteiger partial charge < -0.3 is 24.7 Å². The number of hydrogen-bond acceptors (Lipinski definition) is 12. The van der Waals surface area contributed by atoms with Crippen LogP contribution < -0.4 is 16.2 Å². The first-order chi connectivity index (χ1) is 15.0. The van der Waals surface area contributed by atoms with Crippen molar-refractivity contribution in [2.75, 3.05) is 23.5 Å². The molecule has 0 radical (unpaired) electrons. The second kappa shape index (κ2) is 10.5. The molecule has 3 N–H and O–H groups in total. The van der Waals surface area contributed by atoms with E-state index in [0.29, 0.717) is 0 Å². The van der Waals surface area contributed by atoms with Gasteiger partial charge in [0.05, 0.1) is 6.61 Å². The number of hydrogen-bond donors (Lipinski definition) is 2.